The van der Waals surface area contributed by atoms with E-state index in [0.29, 0.717) is 29.2 Å². The maximum absolute atomic E-state index is 12.4. The lowest BCUT2D eigenvalue weighted by Gasteiger charge is -2.13. The molecule has 174 valence electrons. The van der Waals surface area contributed by atoms with Gasteiger partial charge < -0.3 is 9.47 Å². The minimum Gasteiger partial charge on any atom is -0.493 e. The molecule has 0 amide bonds. The Morgan fingerprint density at radius 2 is 1.91 bits per heavy atom. The number of aromatic amines is 1. The molecule has 0 saturated carbocycles. The molecule has 0 aliphatic carbocycles. The minimum absolute atomic E-state index is 0.0645. The molecule has 8 nitrogen and oxygen atoms in total. The summed E-state index contributed by atoms with van der Waals surface area (Å²) in [4.78, 5) is 19.4. The van der Waals surface area contributed by atoms with Crippen LogP contribution in [0.25, 0.3) is 11.3 Å². The number of H-pyrrole nitrogens is 1. The van der Waals surface area contributed by atoms with E-state index < -0.39 is 5.56 Å². The van der Waals surface area contributed by atoms with Crippen molar-refractivity contribution < 1.29 is 9.47 Å². The molecule has 0 atom stereocenters. The van der Waals surface area contributed by atoms with E-state index in [1.807, 2.05) is 67.6 Å². The summed E-state index contributed by atoms with van der Waals surface area (Å²) in [6, 6.07) is 24.5. The van der Waals surface area contributed by atoms with Crippen LogP contribution >= 0.6 is 0 Å². The molecule has 8 heteroatoms. The Labute approximate surface area is 202 Å². The Morgan fingerprint density at radius 1 is 1.11 bits per heavy atom. The summed E-state index contributed by atoms with van der Waals surface area (Å²) in [5.74, 6) is 1.21. The molecule has 2 N–H and O–H groups in total. The number of ether oxygens (including phenoxy) is 2. The zero-order valence-corrected chi connectivity index (χ0v) is 19.3. The van der Waals surface area contributed by atoms with Crippen LogP contribution in [0.15, 0.2) is 82.7 Å². The number of nitrogens with one attached hydrogen (secondary N) is 2. The lowest BCUT2D eigenvalue weighted by atomic mass is 10.1. The Kier molecular flexibility index (Phi) is 7.19. The molecule has 4 rings (SSSR count). The number of nitriles is 1. The summed E-state index contributed by atoms with van der Waals surface area (Å²) in [6.45, 7) is 2.39. The molecule has 0 fully saturated rings. The van der Waals surface area contributed by atoms with Crippen LogP contribution in [-0.2, 0) is 6.61 Å². The molecule has 1 aromatic heterocycles. The quantitative estimate of drug-likeness (QED) is 0.289. The van der Waals surface area contributed by atoms with E-state index in [0.717, 1.165) is 11.1 Å². The van der Waals surface area contributed by atoms with Crippen LogP contribution in [0.3, 0.4) is 0 Å². The van der Waals surface area contributed by atoms with Gasteiger partial charge in [-0.25, -0.2) is 10.4 Å². The Balaban J connectivity index is 1.58. The van der Waals surface area contributed by atoms with Gasteiger partial charge in [0.2, 0.25) is 5.95 Å². The van der Waals surface area contributed by atoms with E-state index in [-0.39, 0.29) is 17.2 Å². The van der Waals surface area contributed by atoms with Gasteiger partial charge in [-0.05, 0) is 24.6 Å². The van der Waals surface area contributed by atoms with Crippen LogP contribution in [0.5, 0.6) is 11.5 Å². The monoisotopic (exact) mass is 465 g/mol. The molecule has 0 unspecified atom stereocenters. The van der Waals surface area contributed by atoms with Gasteiger partial charge in [-0.3, -0.25) is 9.78 Å². The Bertz CT molecular complexity index is 1460. The second-order valence-electron chi connectivity index (χ2n) is 7.64. The molecule has 0 spiro atoms. The summed E-state index contributed by atoms with van der Waals surface area (Å²) in [5, 5.41) is 13.6. The van der Waals surface area contributed by atoms with E-state index in [9.17, 15) is 10.1 Å². The van der Waals surface area contributed by atoms with Crippen molar-refractivity contribution in [3.63, 3.8) is 0 Å². The highest BCUT2D eigenvalue weighted by Crippen LogP contribution is 2.31. The second kappa shape index (κ2) is 10.8. The molecule has 0 saturated heterocycles. The number of hydrazone groups is 1. The predicted octanol–water partition coefficient (Wildman–Crippen LogP) is 4.65. The number of hydrogen-bond acceptors (Lipinski definition) is 7. The first-order valence-electron chi connectivity index (χ1n) is 10.8. The maximum atomic E-state index is 12.4. The van der Waals surface area contributed by atoms with Crippen LogP contribution in [0.4, 0.5) is 5.95 Å². The molecule has 0 bridgehead atoms. The highest BCUT2D eigenvalue weighted by Gasteiger charge is 2.13. The number of rotatable bonds is 8. The summed E-state index contributed by atoms with van der Waals surface area (Å²) < 4.78 is 11.5. The number of aromatic nitrogens is 2. The fourth-order valence-corrected chi connectivity index (χ4v) is 3.50. The predicted molar refractivity (Wildman–Crippen MR) is 135 cm³/mol. The van der Waals surface area contributed by atoms with Crippen LogP contribution in [0.1, 0.15) is 22.3 Å². The fourth-order valence-electron chi connectivity index (χ4n) is 3.50. The van der Waals surface area contributed by atoms with Crippen LogP contribution in [-0.4, -0.2) is 23.3 Å². The molecule has 4 aromatic rings. The summed E-state index contributed by atoms with van der Waals surface area (Å²) >= 11 is 0. The molecule has 1 heterocycles. The van der Waals surface area contributed by atoms with Crippen LogP contribution < -0.4 is 20.5 Å². The third-order valence-electron chi connectivity index (χ3n) is 5.15. The van der Waals surface area contributed by atoms with E-state index in [1.54, 1.807) is 25.5 Å². The second-order valence-corrected chi connectivity index (χ2v) is 7.64. The van der Waals surface area contributed by atoms with Crippen molar-refractivity contribution in [3.05, 3.63) is 105 Å². The number of benzene rings is 3. The molecule has 35 heavy (non-hydrogen) atoms. The average molecular weight is 466 g/mol. The van der Waals surface area contributed by atoms with Crippen molar-refractivity contribution in [3.8, 4) is 28.8 Å². The van der Waals surface area contributed by atoms with Gasteiger partial charge in [0, 0.05) is 11.1 Å². The molecule has 3 aromatic carbocycles. The van der Waals surface area contributed by atoms with Gasteiger partial charge in [0.25, 0.3) is 5.56 Å². The third kappa shape index (κ3) is 5.54. The topological polar surface area (TPSA) is 112 Å². The van der Waals surface area contributed by atoms with Gasteiger partial charge in [-0.1, -0.05) is 66.2 Å². The first kappa shape index (κ1) is 23.3. The first-order valence-corrected chi connectivity index (χ1v) is 10.8. The number of aryl methyl sites for hydroxylation is 1. The van der Waals surface area contributed by atoms with Crippen molar-refractivity contribution in [2.45, 2.75) is 13.5 Å². The zero-order valence-electron chi connectivity index (χ0n) is 19.3. The van der Waals surface area contributed by atoms with Gasteiger partial charge in [0.05, 0.1) is 19.0 Å². The van der Waals surface area contributed by atoms with E-state index in [4.69, 9.17) is 9.47 Å². The number of nitrogens with zero attached hydrogens (tertiary/aromatic N) is 3. The fraction of sp³-hybridized carbons (Fsp3) is 0.111. The molecular formula is C27H23N5O3. The van der Waals surface area contributed by atoms with Gasteiger partial charge >= 0.3 is 0 Å². The number of para-hydroxylation sites is 1. The number of anilines is 1. The van der Waals surface area contributed by atoms with Crippen molar-refractivity contribution in [1.29, 1.82) is 5.26 Å². The molecular weight excluding hydrogens is 442 g/mol. The largest absolute Gasteiger partial charge is 0.493 e. The first-order chi connectivity index (χ1) is 17.1. The Morgan fingerprint density at radius 3 is 2.66 bits per heavy atom. The summed E-state index contributed by atoms with van der Waals surface area (Å²) in [5.41, 5.74) is 5.90. The maximum Gasteiger partial charge on any atom is 0.270 e. The van der Waals surface area contributed by atoms with Crippen LogP contribution in [0, 0.1) is 18.3 Å². The smallest absolute Gasteiger partial charge is 0.270 e. The summed E-state index contributed by atoms with van der Waals surface area (Å²) in [6.07, 6.45) is 1.55. The molecule has 0 aliphatic rings. The zero-order chi connectivity index (χ0) is 24.6. The standard InChI is InChI=1S/C27H23N5O3/c1-18-8-6-9-19(14-18)17-35-25-21(12-7-13-23(25)34-2)16-29-32-27-30-24(20-10-4-3-5-11-20)22(15-28)26(33)31-27/h3-14,16H,17H2,1-2H3,(H2,30,31,32,33). The van der Waals surface area contributed by atoms with E-state index in [2.05, 4.69) is 26.6 Å². The SMILES string of the molecule is COc1cccc(C=NNc2nc(-c3ccccc3)c(C#N)c(=O)[nH]2)c1OCc1cccc(C)c1. The van der Waals surface area contributed by atoms with Crippen molar-refractivity contribution in [1.82, 2.24) is 9.97 Å². The van der Waals surface area contributed by atoms with Gasteiger partial charge in [-0.2, -0.15) is 10.4 Å². The van der Waals surface area contributed by atoms with Gasteiger partial charge in [0.1, 0.15) is 18.2 Å². The molecule has 0 aliphatic heterocycles. The number of methoxy groups -OCH3 is 1. The van der Waals surface area contributed by atoms with E-state index in [1.165, 1.54) is 0 Å². The molecule has 0 radical (unpaired) electrons. The van der Waals surface area contributed by atoms with Crippen LogP contribution in [0.2, 0.25) is 0 Å². The lowest BCUT2D eigenvalue weighted by Crippen LogP contribution is -2.16. The van der Waals surface area contributed by atoms with E-state index >= 15 is 0 Å². The van der Waals surface area contributed by atoms with Crippen molar-refractivity contribution >= 4 is 12.2 Å². The van der Waals surface area contributed by atoms with Crippen molar-refractivity contribution in [2.24, 2.45) is 5.10 Å². The average Bonchev–Trinajstić information content (AvgIpc) is 2.88. The minimum atomic E-state index is -0.553. The summed E-state index contributed by atoms with van der Waals surface area (Å²) in [7, 11) is 1.57. The normalized spacial score (nSPS) is 10.7. The van der Waals surface area contributed by atoms with Gasteiger partial charge in [-0.15, -0.1) is 0 Å². The Hall–Kier alpha value is -4.90. The highest BCUT2D eigenvalue weighted by atomic mass is 16.5. The number of hydrogen-bond donors (Lipinski definition) is 2. The lowest BCUT2D eigenvalue weighted by molar-refractivity contribution is 0.284. The van der Waals surface area contributed by atoms with Gasteiger partial charge in [0.15, 0.2) is 11.5 Å². The highest BCUT2D eigenvalue weighted by molar-refractivity contribution is 5.85. The van der Waals surface area contributed by atoms with Crippen molar-refractivity contribution in [2.75, 3.05) is 12.5 Å². The third-order valence-corrected chi connectivity index (χ3v) is 5.15.